The van der Waals surface area contributed by atoms with Crippen LogP contribution in [-0.2, 0) is 9.59 Å². The van der Waals surface area contributed by atoms with Crippen molar-refractivity contribution in [2.45, 2.75) is 59.0 Å². The van der Waals surface area contributed by atoms with Gasteiger partial charge in [-0.1, -0.05) is 13.8 Å². The number of hydrogen-bond acceptors (Lipinski definition) is 4. The fraction of sp³-hybridized carbons (Fsp3) is 0.895. The number of piperidine rings is 2. The minimum absolute atomic E-state index is 0.0549. The van der Waals surface area contributed by atoms with Crippen molar-refractivity contribution in [3.63, 3.8) is 0 Å². The number of likely N-dealkylation sites (tertiary alicyclic amines) is 2. The van der Waals surface area contributed by atoms with Crippen LogP contribution >= 0.6 is 0 Å². The third-order valence-corrected chi connectivity index (χ3v) is 6.07. The highest BCUT2D eigenvalue weighted by Crippen LogP contribution is 2.28. The molecule has 2 aliphatic heterocycles. The van der Waals surface area contributed by atoms with Gasteiger partial charge in [0.2, 0.25) is 11.8 Å². The third-order valence-electron chi connectivity index (χ3n) is 6.07. The summed E-state index contributed by atoms with van der Waals surface area (Å²) in [6.07, 6.45) is 2.49. The zero-order chi connectivity index (χ0) is 18.8. The molecule has 0 radical (unpaired) electrons. The van der Waals surface area contributed by atoms with E-state index in [1.807, 2.05) is 30.7 Å². The smallest absolute Gasteiger partial charge is 0.236 e. The maximum Gasteiger partial charge on any atom is 0.236 e. The maximum atomic E-state index is 12.6. The largest absolute Gasteiger partial charge is 0.343 e. The zero-order valence-electron chi connectivity index (χ0n) is 16.6. The molecule has 1 atom stereocenters. The van der Waals surface area contributed by atoms with E-state index in [-0.39, 0.29) is 35.2 Å². The van der Waals surface area contributed by atoms with Gasteiger partial charge in [-0.15, -0.1) is 0 Å². The van der Waals surface area contributed by atoms with Gasteiger partial charge < -0.3 is 15.5 Å². The molecule has 0 bridgehead atoms. The van der Waals surface area contributed by atoms with Gasteiger partial charge in [0, 0.05) is 51.2 Å². The molecule has 2 rings (SSSR count). The highest BCUT2D eigenvalue weighted by molar-refractivity contribution is 5.81. The monoisotopic (exact) mass is 352 g/mol. The first-order valence-electron chi connectivity index (χ1n) is 9.64. The molecule has 144 valence electrons. The highest BCUT2D eigenvalue weighted by Gasteiger charge is 2.35. The summed E-state index contributed by atoms with van der Waals surface area (Å²) in [5.41, 5.74) is 6.23. The van der Waals surface area contributed by atoms with Crippen molar-refractivity contribution in [2.24, 2.45) is 17.1 Å². The van der Waals surface area contributed by atoms with Gasteiger partial charge in [0.05, 0.1) is 6.54 Å². The molecule has 6 heteroatoms. The average Bonchev–Trinajstić information content (AvgIpc) is 2.56. The third kappa shape index (κ3) is 4.94. The van der Waals surface area contributed by atoms with Crippen LogP contribution in [0, 0.1) is 11.3 Å². The van der Waals surface area contributed by atoms with Crippen LogP contribution in [0.5, 0.6) is 0 Å². The minimum atomic E-state index is 0.0549. The van der Waals surface area contributed by atoms with Crippen molar-refractivity contribution in [2.75, 3.05) is 39.8 Å². The fourth-order valence-electron chi connectivity index (χ4n) is 3.83. The van der Waals surface area contributed by atoms with Crippen molar-refractivity contribution >= 4 is 11.8 Å². The second-order valence-electron chi connectivity index (χ2n) is 8.79. The molecule has 2 heterocycles. The Labute approximate surface area is 152 Å². The second kappa shape index (κ2) is 8.04. The Hall–Kier alpha value is -1.14. The first kappa shape index (κ1) is 20.2. The van der Waals surface area contributed by atoms with E-state index < -0.39 is 0 Å². The Morgan fingerprint density at radius 3 is 2.28 bits per heavy atom. The SMILES string of the molecule is CC(C)N(C)C(=O)C1CCN(C(=O)CN2CCC(N)C(C)(C)C2)CC1. The molecule has 0 aromatic heterocycles. The normalized spacial score (nSPS) is 25.2. The van der Waals surface area contributed by atoms with Gasteiger partial charge in [-0.05, 0) is 38.5 Å². The average molecular weight is 353 g/mol. The lowest BCUT2D eigenvalue weighted by atomic mass is 9.80. The summed E-state index contributed by atoms with van der Waals surface area (Å²) in [5.74, 6) is 0.464. The van der Waals surface area contributed by atoms with Gasteiger partial charge in [-0.25, -0.2) is 0 Å². The Morgan fingerprint density at radius 1 is 1.16 bits per heavy atom. The van der Waals surface area contributed by atoms with Gasteiger partial charge in [-0.3, -0.25) is 14.5 Å². The summed E-state index contributed by atoms with van der Waals surface area (Å²) >= 11 is 0. The van der Waals surface area contributed by atoms with Gasteiger partial charge in [0.15, 0.2) is 0 Å². The molecule has 0 aromatic rings. The van der Waals surface area contributed by atoms with Crippen LogP contribution in [0.3, 0.4) is 0 Å². The van der Waals surface area contributed by atoms with Gasteiger partial charge in [-0.2, -0.15) is 0 Å². The number of nitrogens with two attached hydrogens (primary N) is 1. The van der Waals surface area contributed by atoms with E-state index in [0.717, 1.165) is 32.4 Å². The summed E-state index contributed by atoms with van der Waals surface area (Å²) < 4.78 is 0. The molecule has 0 saturated carbocycles. The van der Waals surface area contributed by atoms with E-state index >= 15 is 0 Å². The van der Waals surface area contributed by atoms with Crippen LogP contribution in [-0.4, -0.2) is 78.4 Å². The van der Waals surface area contributed by atoms with Crippen molar-refractivity contribution in [1.29, 1.82) is 0 Å². The predicted octanol–water partition coefficient (Wildman–Crippen LogP) is 1.15. The molecule has 0 aliphatic carbocycles. The molecule has 0 aromatic carbocycles. The summed E-state index contributed by atoms with van der Waals surface area (Å²) in [7, 11) is 1.87. The second-order valence-corrected chi connectivity index (χ2v) is 8.79. The summed E-state index contributed by atoms with van der Waals surface area (Å²) in [5, 5.41) is 0. The molecule has 2 fully saturated rings. The van der Waals surface area contributed by atoms with Gasteiger partial charge in [0.25, 0.3) is 0 Å². The molecule has 25 heavy (non-hydrogen) atoms. The minimum Gasteiger partial charge on any atom is -0.343 e. The van der Waals surface area contributed by atoms with E-state index in [9.17, 15) is 9.59 Å². The standard InChI is InChI=1S/C19H36N4O2/c1-14(2)21(5)18(25)15-6-10-23(11-7-15)17(24)12-22-9-8-16(20)19(3,4)13-22/h14-16H,6-13,20H2,1-5H3. The molecule has 0 spiro atoms. The molecule has 1 unspecified atom stereocenters. The topological polar surface area (TPSA) is 69.9 Å². The summed E-state index contributed by atoms with van der Waals surface area (Å²) in [6.45, 7) is 12.0. The molecule has 2 aliphatic rings. The number of nitrogens with zero attached hydrogens (tertiary/aromatic N) is 3. The van der Waals surface area contributed by atoms with E-state index in [1.165, 1.54) is 0 Å². The van der Waals surface area contributed by atoms with Crippen LogP contribution in [0.4, 0.5) is 0 Å². The number of carbonyl (C=O) groups excluding carboxylic acids is 2. The van der Waals surface area contributed by atoms with Crippen molar-refractivity contribution in [3.05, 3.63) is 0 Å². The van der Waals surface area contributed by atoms with Gasteiger partial charge >= 0.3 is 0 Å². The highest BCUT2D eigenvalue weighted by atomic mass is 16.2. The number of rotatable bonds is 4. The summed E-state index contributed by atoms with van der Waals surface area (Å²) in [6, 6.07) is 0.430. The number of carbonyl (C=O) groups is 2. The van der Waals surface area contributed by atoms with E-state index in [0.29, 0.717) is 19.6 Å². The Kier molecular flexibility index (Phi) is 6.49. The lowest BCUT2D eigenvalue weighted by molar-refractivity contribution is -0.141. The quantitative estimate of drug-likeness (QED) is 0.824. The van der Waals surface area contributed by atoms with E-state index in [1.54, 1.807) is 0 Å². The van der Waals surface area contributed by atoms with Crippen molar-refractivity contribution in [1.82, 2.24) is 14.7 Å². The van der Waals surface area contributed by atoms with Crippen LogP contribution < -0.4 is 5.73 Å². The molecule has 2 amide bonds. The Bertz CT molecular complexity index is 484. The first-order valence-corrected chi connectivity index (χ1v) is 9.64. The van der Waals surface area contributed by atoms with Crippen molar-refractivity contribution < 1.29 is 9.59 Å². The van der Waals surface area contributed by atoms with Gasteiger partial charge in [0.1, 0.15) is 0 Å². The fourth-order valence-corrected chi connectivity index (χ4v) is 3.83. The van der Waals surface area contributed by atoms with Crippen LogP contribution in [0.25, 0.3) is 0 Å². The van der Waals surface area contributed by atoms with Crippen LogP contribution in [0.1, 0.15) is 47.0 Å². The lowest BCUT2D eigenvalue weighted by Gasteiger charge is -2.43. The molecule has 2 N–H and O–H groups in total. The molecule has 6 nitrogen and oxygen atoms in total. The van der Waals surface area contributed by atoms with Crippen molar-refractivity contribution in [3.8, 4) is 0 Å². The molecular formula is C19H36N4O2. The molecule has 2 saturated heterocycles. The van der Waals surface area contributed by atoms with E-state index in [4.69, 9.17) is 5.73 Å². The maximum absolute atomic E-state index is 12.6. The van der Waals surface area contributed by atoms with Crippen LogP contribution in [0.15, 0.2) is 0 Å². The van der Waals surface area contributed by atoms with Crippen LogP contribution in [0.2, 0.25) is 0 Å². The van der Waals surface area contributed by atoms with E-state index in [2.05, 4.69) is 18.7 Å². The predicted molar refractivity (Wildman–Crippen MR) is 100 cm³/mol. The summed E-state index contributed by atoms with van der Waals surface area (Å²) in [4.78, 5) is 31.1. The number of amides is 2. The Morgan fingerprint density at radius 2 is 1.76 bits per heavy atom. The Balaban J connectivity index is 1.81. The molecular weight excluding hydrogens is 316 g/mol. The lowest BCUT2D eigenvalue weighted by Crippen LogP contribution is -2.55. The number of hydrogen-bond donors (Lipinski definition) is 1. The first-order chi connectivity index (χ1) is 11.6. The zero-order valence-corrected chi connectivity index (χ0v) is 16.6.